The van der Waals surface area contributed by atoms with Crippen LogP contribution in [0.25, 0.3) is 0 Å². The Morgan fingerprint density at radius 2 is 1.77 bits per heavy atom. The van der Waals surface area contributed by atoms with Gasteiger partial charge in [0, 0.05) is 17.7 Å². The first kappa shape index (κ1) is 26.8. The number of aliphatic hydroxyl groups is 1. The average Bonchev–Trinajstić information content (AvgIpc) is 3.17. The molecule has 1 aliphatic rings. The lowest BCUT2D eigenvalue weighted by Gasteiger charge is -2.33. The summed E-state index contributed by atoms with van der Waals surface area (Å²) in [5.74, 6) is -0.788. The van der Waals surface area contributed by atoms with Crippen LogP contribution in [0.15, 0.2) is 54.6 Å². The fourth-order valence-electron chi connectivity index (χ4n) is 4.26. The number of carbonyl (C=O) groups is 3. The zero-order chi connectivity index (χ0) is 25.6. The van der Waals surface area contributed by atoms with Crippen molar-refractivity contribution in [2.45, 2.75) is 70.0 Å². The van der Waals surface area contributed by atoms with E-state index in [1.165, 1.54) is 16.7 Å². The zero-order valence-electron chi connectivity index (χ0n) is 20.8. The molecule has 0 radical (unpaired) electrons. The van der Waals surface area contributed by atoms with E-state index < -0.39 is 28.8 Å². The summed E-state index contributed by atoms with van der Waals surface area (Å²) < 4.78 is -0.535. The Kier molecular flexibility index (Phi) is 8.97. The van der Waals surface area contributed by atoms with Crippen LogP contribution < -0.4 is 10.6 Å². The van der Waals surface area contributed by atoms with E-state index in [-0.39, 0.29) is 24.1 Å². The maximum Gasteiger partial charge on any atom is 0.254 e. The SMILES string of the molecule is CCC(=O)NC(Cc1ccccc1)[C@H](O)C(=O)N1CSC(C)(C)C1C(=O)NCc1ccccc1C. The minimum atomic E-state index is -1.48. The van der Waals surface area contributed by atoms with Crippen LogP contribution in [0, 0.1) is 6.92 Å². The first-order chi connectivity index (χ1) is 16.6. The highest BCUT2D eigenvalue weighted by atomic mass is 32.2. The van der Waals surface area contributed by atoms with Crippen LogP contribution in [0.3, 0.4) is 0 Å². The van der Waals surface area contributed by atoms with Gasteiger partial charge in [0.1, 0.15) is 6.04 Å². The minimum absolute atomic E-state index is 0.239. The van der Waals surface area contributed by atoms with E-state index in [9.17, 15) is 19.5 Å². The van der Waals surface area contributed by atoms with Crippen molar-refractivity contribution in [1.29, 1.82) is 0 Å². The first-order valence-electron chi connectivity index (χ1n) is 11.9. The lowest BCUT2D eigenvalue weighted by atomic mass is 9.97. The maximum atomic E-state index is 13.5. The van der Waals surface area contributed by atoms with Gasteiger partial charge in [0.2, 0.25) is 11.8 Å². The molecule has 1 heterocycles. The molecule has 188 valence electrons. The van der Waals surface area contributed by atoms with E-state index in [1.807, 2.05) is 75.4 Å². The number of thioether (sulfide) groups is 1. The second-order valence-corrected chi connectivity index (χ2v) is 11.0. The Hall–Kier alpha value is -2.84. The van der Waals surface area contributed by atoms with E-state index in [2.05, 4.69) is 10.6 Å². The van der Waals surface area contributed by atoms with Gasteiger partial charge < -0.3 is 20.6 Å². The van der Waals surface area contributed by atoms with Crippen molar-refractivity contribution < 1.29 is 19.5 Å². The van der Waals surface area contributed by atoms with Gasteiger partial charge in [-0.1, -0.05) is 61.5 Å². The molecule has 2 aromatic carbocycles. The van der Waals surface area contributed by atoms with Gasteiger partial charge in [0.25, 0.3) is 5.91 Å². The van der Waals surface area contributed by atoms with Crippen molar-refractivity contribution in [1.82, 2.24) is 15.5 Å². The molecular weight excluding hydrogens is 462 g/mol. The standard InChI is InChI=1S/C27H35N3O4S/c1-5-22(31)29-21(15-19-12-7-6-8-13-19)23(32)26(34)30-17-35-27(3,4)24(30)25(33)28-16-20-14-10-9-11-18(20)2/h6-14,21,23-24,32H,5,15-17H2,1-4H3,(H,28,33)(H,29,31)/t21?,23-,24?/m0/s1. The molecule has 0 aromatic heterocycles. The van der Waals surface area contributed by atoms with Gasteiger partial charge in [-0.25, -0.2) is 0 Å². The molecule has 0 spiro atoms. The highest BCUT2D eigenvalue weighted by molar-refractivity contribution is 8.00. The Morgan fingerprint density at radius 1 is 1.11 bits per heavy atom. The van der Waals surface area contributed by atoms with Crippen molar-refractivity contribution in [3.8, 4) is 0 Å². The molecule has 3 N–H and O–H groups in total. The Bertz CT molecular complexity index is 1040. The molecule has 1 aliphatic heterocycles. The average molecular weight is 498 g/mol. The molecule has 35 heavy (non-hydrogen) atoms. The van der Waals surface area contributed by atoms with Crippen LogP contribution in [0.2, 0.25) is 0 Å². The number of hydrogen-bond acceptors (Lipinski definition) is 5. The summed E-state index contributed by atoms with van der Waals surface area (Å²) in [5.41, 5.74) is 2.98. The molecule has 1 saturated heterocycles. The highest BCUT2D eigenvalue weighted by Crippen LogP contribution is 2.40. The lowest BCUT2D eigenvalue weighted by molar-refractivity contribution is -0.147. The Morgan fingerprint density at radius 3 is 2.43 bits per heavy atom. The largest absolute Gasteiger partial charge is 0.381 e. The number of nitrogens with one attached hydrogen (secondary N) is 2. The zero-order valence-corrected chi connectivity index (χ0v) is 21.6. The predicted octanol–water partition coefficient (Wildman–Crippen LogP) is 2.79. The number of benzene rings is 2. The van der Waals surface area contributed by atoms with Gasteiger partial charge >= 0.3 is 0 Å². The summed E-state index contributed by atoms with van der Waals surface area (Å²) in [5, 5.41) is 16.9. The van der Waals surface area contributed by atoms with E-state index in [1.54, 1.807) is 6.92 Å². The molecular formula is C27H35N3O4S. The summed E-state index contributed by atoms with van der Waals surface area (Å²) in [6, 6.07) is 15.7. The first-order valence-corrected chi connectivity index (χ1v) is 12.9. The van der Waals surface area contributed by atoms with Crippen molar-refractivity contribution in [3.05, 3.63) is 71.3 Å². The molecule has 0 bridgehead atoms. The fourth-order valence-corrected chi connectivity index (χ4v) is 5.40. The van der Waals surface area contributed by atoms with Gasteiger partial charge in [-0.2, -0.15) is 0 Å². The summed E-state index contributed by atoms with van der Waals surface area (Å²) in [7, 11) is 0. The quantitative estimate of drug-likeness (QED) is 0.495. The maximum absolute atomic E-state index is 13.5. The second-order valence-electron chi connectivity index (χ2n) is 9.39. The van der Waals surface area contributed by atoms with Crippen LogP contribution in [-0.2, 0) is 27.3 Å². The number of carbonyl (C=O) groups excluding carboxylic acids is 3. The van der Waals surface area contributed by atoms with Gasteiger partial charge in [-0.3, -0.25) is 14.4 Å². The normalized spacial score (nSPS) is 18.5. The summed E-state index contributed by atoms with van der Waals surface area (Å²) in [4.78, 5) is 40.4. The summed E-state index contributed by atoms with van der Waals surface area (Å²) in [6.45, 7) is 7.92. The fraction of sp³-hybridized carbons (Fsp3) is 0.444. The second kappa shape index (κ2) is 11.7. The number of rotatable bonds is 9. The molecule has 8 heteroatoms. The molecule has 3 atom stereocenters. The Labute approximate surface area is 211 Å². The van der Waals surface area contributed by atoms with Crippen molar-refractivity contribution in [2.24, 2.45) is 0 Å². The molecule has 3 amide bonds. The third kappa shape index (κ3) is 6.64. The molecule has 1 fully saturated rings. The molecule has 7 nitrogen and oxygen atoms in total. The van der Waals surface area contributed by atoms with Gasteiger partial charge in [-0.05, 0) is 43.9 Å². The van der Waals surface area contributed by atoms with Crippen molar-refractivity contribution >= 4 is 29.5 Å². The van der Waals surface area contributed by atoms with Gasteiger partial charge in [0.15, 0.2) is 6.10 Å². The molecule has 0 aliphatic carbocycles. The van der Waals surface area contributed by atoms with Crippen molar-refractivity contribution in [3.63, 3.8) is 0 Å². The van der Waals surface area contributed by atoms with E-state index >= 15 is 0 Å². The van der Waals surface area contributed by atoms with E-state index in [4.69, 9.17) is 0 Å². The molecule has 2 aromatic rings. The number of aryl methyl sites for hydroxylation is 1. The smallest absolute Gasteiger partial charge is 0.254 e. The molecule has 2 unspecified atom stereocenters. The molecule has 0 saturated carbocycles. The third-order valence-electron chi connectivity index (χ3n) is 6.39. The van der Waals surface area contributed by atoms with E-state index in [0.717, 1.165) is 16.7 Å². The Balaban J connectivity index is 1.77. The summed E-state index contributed by atoms with van der Waals surface area (Å²) in [6.07, 6.45) is -0.941. The van der Waals surface area contributed by atoms with Crippen LogP contribution in [-0.4, -0.2) is 56.5 Å². The van der Waals surface area contributed by atoms with Crippen molar-refractivity contribution in [2.75, 3.05) is 5.88 Å². The number of hydrogen-bond donors (Lipinski definition) is 3. The molecule has 3 rings (SSSR count). The summed E-state index contributed by atoms with van der Waals surface area (Å²) >= 11 is 1.49. The number of amides is 3. The van der Waals surface area contributed by atoms with Crippen LogP contribution in [0.5, 0.6) is 0 Å². The minimum Gasteiger partial charge on any atom is -0.381 e. The third-order valence-corrected chi connectivity index (χ3v) is 7.77. The van der Waals surface area contributed by atoms with Crippen LogP contribution >= 0.6 is 11.8 Å². The van der Waals surface area contributed by atoms with E-state index in [0.29, 0.717) is 13.0 Å². The highest BCUT2D eigenvalue weighted by Gasteiger charge is 2.49. The topological polar surface area (TPSA) is 98.7 Å². The van der Waals surface area contributed by atoms with Gasteiger partial charge in [-0.15, -0.1) is 11.8 Å². The van der Waals surface area contributed by atoms with Crippen LogP contribution in [0.4, 0.5) is 0 Å². The lowest BCUT2D eigenvalue weighted by Crippen LogP contribution is -2.58. The number of nitrogens with zero attached hydrogens (tertiary/aromatic N) is 1. The van der Waals surface area contributed by atoms with Crippen LogP contribution in [0.1, 0.15) is 43.9 Å². The monoisotopic (exact) mass is 497 g/mol. The number of aliphatic hydroxyl groups excluding tert-OH is 1. The predicted molar refractivity (Wildman–Crippen MR) is 139 cm³/mol. The van der Waals surface area contributed by atoms with Gasteiger partial charge in [0.05, 0.1) is 11.9 Å².